The number of carbonyl (C=O) groups is 2. The van der Waals surface area contributed by atoms with Crippen LogP contribution >= 0.6 is 0 Å². The fraction of sp³-hybridized carbons (Fsp3) is 0.0370. The molecule has 0 radical (unpaired) electrons. The number of rotatable bonds is 5. The third kappa shape index (κ3) is 3.67. The lowest BCUT2D eigenvalue weighted by atomic mass is 10.0. The summed E-state index contributed by atoms with van der Waals surface area (Å²) in [5, 5.41) is 21.6. The Balaban J connectivity index is 1.34. The van der Waals surface area contributed by atoms with Crippen molar-refractivity contribution in [2.45, 2.75) is 6.54 Å². The Bertz CT molecular complexity index is 1640. The maximum absolute atomic E-state index is 12.6. The number of para-hydroxylation sites is 2. The minimum Gasteiger partial charge on any atom is -0.478 e. The van der Waals surface area contributed by atoms with E-state index in [0.717, 1.165) is 39.1 Å². The number of nitrogens with zero attached hydrogens (tertiary/aromatic N) is 4. The summed E-state index contributed by atoms with van der Waals surface area (Å²) in [7, 11) is 0. The van der Waals surface area contributed by atoms with Gasteiger partial charge < -0.3 is 15.0 Å². The zero-order chi connectivity index (χ0) is 23.9. The molecule has 0 saturated carbocycles. The number of carbonyl (C=O) groups excluding carboxylic acids is 1. The Morgan fingerprint density at radius 1 is 0.971 bits per heavy atom. The van der Waals surface area contributed by atoms with Gasteiger partial charge in [0.2, 0.25) is 0 Å². The summed E-state index contributed by atoms with van der Waals surface area (Å²) in [5.74, 6) is -1.08. The number of nitrogens with one attached hydrogen (secondary N) is 1. The fourth-order valence-corrected chi connectivity index (χ4v) is 4.39. The van der Waals surface area contributed by atoms with E-state index < -0.39 is 5.97 Å². The number of hydrogen-bond donors (Lipinski definition) is 2. The minimum absolute atomic E-state index is 0.111. The smallest absolute Gasteiger partial charge is 0.335 e. The van der Waals surface area contributed by atoms with Crippen molar-refractivity contribution in [3.8, 4) is 5.69 Å². The molecule has 1 amide bonds. The van der Waals surface area contributed by atoms with Crippen LogP contribution in [0.25, 0.3) is 28.2 Å². The molecule has 0 aliphatic carbocycles. The van der Waals surface area contributed by atoms with Crippen molar-refractivity contribution in [2.24, 2.45) is 0 Å². The zero-order valence-electron chi connectivity index (χ0n) is 18.4. The molecule has 2 N–H and O–H groups in total. The van der Waals surface area contributed by atoms with E-state index in [-0.39, 0.29) is 11.5 Å². The highest BCUT2D eigenvalue weighted by Gasteiger charge is 2.24. The SMILES string of the molecule is O=C1Nc2ccccc2C1=Cc1cn(Cc2cn(-c3ccc(C(=O)O)cc3)nn2)c2ccccc12. The van der Waals surface area contributed by atoms with Crippen LogP contribution in [-0.4, -0.2) is 36.5 Å². The molecule has 0 bridgehead atoms. The molecule has 8 heteroatoms. The normalized spacial score (nSPS) is 13.8. The Morgan fingerprint density at radius 3 is 2.57 bits per heavy atom. The predicted octanol–water partition coefficient (Wildman–Crippen LogP) is 4.46. The first-order chi connectivity index (χ1) is 17.1. The molecule has 6 rings (SSSR count). The topological polar surface area (TPSA) is 102 Å². The summed E-state index contributed by atoms with van der Waals surface area (Å²) in [5.41, 5.74) is 6.00. The molecule has 0 saturated heterocycles. The number of amides is 1. The van der Waals surface area contributed by atoms with Gasteiger partial charge >= 0.3 is 5.97 Å². The number of anilines is 1. The summed E-state index contributed by atoms with van der Waals surface area (Å²) in [6, 6.07) is 22.2. The fourth-order valence-electron chi connectivity index (χ4n) is 4.39. The van der Waals surface area contributed by atoms with Crippen LogP contribution < -0.4 is 5.32 Å². The molecule has 35 heavy (non-hydrogen) atoms. The van der Waals surface area contributed by atoms with Crippen LogP contribution in [0.15, 0.2) is 85.2 Å². The molecule has 0 fully saturated rings. The maximum atomic E-state index is 12.6. The standard InChI is InChI=1S/C27H19N5O3/c33-26-23(22-6-1-3-7-24(22)28-26)13-18-14-31(25-8-4-2-5-21(18)25)15-19-16-32(30-29-19)20-11-9-17(10-12-20)27(34)35/h1-14,16H,15H2,(H,28,33)(H,34,35). The molecule has 1 aliphatic heterocycles. The third-order valence-corrected chi connectivity index (χ3v) is 6.08. The lowest BCUT2D eigenvalue weighted by Gasteiger charge is -2.02. The lowest BCUT2D eigenvalue weighted by Crippen LogP contribution is -2.03. The molecule has 0 unspecified atom stereocenters. The van der Waals surface area contributed by atoms with Crippen LogP contribution in [0.4, 0.5) is 5.69 Å². The van der Waals surface area contributed by atoms with Crippen molar-refractivity contribution in [2.75, 3.05) is 5.32 Å². The van der Waals surface area contributed by atoms with Crippen molar-refractivity contribution in [1.29, 1.82) is 0 Å². The van der Waals surface area contributed by atoms with Crippen LogP contribution in [0, 0.1) is 0 Å². The average Bonchev–Trinajstić information content (AvgIpc) is 3.56. The highest BCUT2D eigenvalue weighted by Crippen LogP contribution is 2.34. The van der Waals surface area contributed by atoms with Crippen LogP contribution in [-0.2, 0) is 11.3 Å². The Kier molecular flexibility index (Phi) is 4.77. The molecular weight excluding hydrogens is 442 g/mol. The molecule has 8 nitrogen and oxygen atoms in total. The van der Waals surface area contributed by atoms with Crippen molar-refractivity contribution < 1.29 is 14.7 Å². The number of fused-ring (bicyclic) bond motifs is 2. The monoisotopic (exact) mass is 461 g/mol. The molecule has 2 aromatic heterocycles. The van der Waals surface area contributed by atoms with Gasteiger partial charge in [0.25, 0.3) is 5.91 Å². The Hall–Kier alpha value is -4.98. The third-order valence-electron chi connectivity index (χ3n) is 6.08. The van der Waals surface area contributed by atoms with E-state index in [9.17, 15) is 9.59 Å². The quantitative estimate of drug-likeness (QED) is 0.376. The van der Waals surface area contributed by atoms with Gasteiger partial charge in [0.1, 0.15) is 5.69 Å². The Morgan fingerprint density at radius 2 is 1.74 bits per heavy atom. The number of carboxylic acid groups (broad SMARTS) is 1. The molecule has 170 valence electrons. The second-order valence-electron chi connectivity index (χ2n) is 8.29. The van der Waals surface area contributed by atoms with Gasteiger partial charge in [0, 0.05) is 39.5 Å². The van der Waals surface area contributed by atoms with E-state index in [1.807, 2.05) is 67.0 Å². The van der Waals surface area contributed by atoms with Crippen molar-refractivity contribution in [1.82, 2.24) is 19.6 Å². The van der Waals surface area contributed by atoms with Crippen molar-refractivity contribution in [3.63, 3.8) is 0 Å². The van der Waals surface area contributed by atoms with E-state index in [0.29, 0.717) is 12.1 Å². The first kappa shape index (κ1) is 20.6. The summed E-state index contributed by atoms with van der Waals surface area (Å²) >= 11 is 0. The van der Waals surface area contributed by atoms with E-state index in [2.05, 4.69) is 20.2 Å². The Labute approximate surface area is 199 Å². The zero-order valence-corrected chi connectivity index (χ0v) is 18.4. The van der Waals surface area contributed by atoms with Crippen molar-refractivity contribution in [3.05, 3.63) is 108 Å². The summed E-state index contributed by atoms with van der Waals surface area (Å²) in [6.07, 6.45) is 5.77. The second-order valence-corrected chi connectivity index (χ2v) is 8.29. The average molecular weight is 461 g/mol. The van der Waals surface area contributed by atoms with Crippen LogP contribution in [0.5, 0.6) is 0 Å². The van der Waals surface area contributed by atoms with E-state index >= 15 is 0 Å². The second kappa shape index (κ2) is 8.11. The highest BCUT2D eigenvalue weighted by molar-refractivity contribution is 6.35. The van der Waals surface area contributed by atoms with Gasteiger partial charge in [-0.2, -0.15) is 0 Å². The van der Waals surface area contributed by atoms with Crippen LogP contribution in [0.2, 0.25) is 0 Å². The van der Waals surface area contributed by atoms with Gasteiger partial charge in [-0.25, -0.2) is 9.48 Å². The van der Waals surface area contributed by atoms with Gasteiger partial charge in [-0.05, 0) is 42.5 Å². The van der Waals surface area contributed by atoms with Crippen molar-refractivity contribution >= 4 is 40.1 Å². The van der Waals surface area contributed by atoms with Crippen LogP contribution in [0.3, 0.4) is 0 Å². The summed E-state index contributed by atoms with van der Waals surface area (Å²) < 4.78 is 3.71. The number of aromatic nitrogens is 4. The minimum atomic E-state index is -0.973. The van der Waals surface area contributed by atoms with Gasteiger partial charge in [-0.1, -0.05) is 41.6 Å². The summed E-state index contributed by atoms with van der Waals surface area (Å²) in [6.45, 7) is 0.486. The van der Waals surface area contributed by atoms with Gasteiger partial charge in [-0.3, -0.25) is 4.79 Å². The summed E-state index contributed by atoms with van der Waals surface area (Å²) in [4.78, 5) is 23.7. The first-order valence-corrected chi connectivity index (χ1v) is 11.0. The maximum Gasteiger partial charge on any atom is 0.335 e. The van der Waals surface area contributed by atoms with Gasteiger partial charge in [0.15, 0.2) is 0 Å². The molecular formula is C27H19N5O3. The molecule has 0 atom stereocenters. The number of hydrogen-bond acceptors (Lipinski definition) is 4. The first-order valence-electron chi connectivity index (χ1n) is 11.0. The number of carboxylic acids is 1. The highest BCUT2D eigenvalue weighted by atomic mass is 16.4. The molecule has 3 aromatic carbocycles. The number of benzene rings is 3. The molecule has 3 heterocycles. The van der Waals surface area contributed by atoms with Gasteiger partial charge in [-0.15, -0.1) is 5.10 Å². The van der Waals surface area contributed by atoms with Gasteiger partial charge in [0.05, 0.1) is 24.0 Å². The van der Waals surface area contributed by atoms with Crippen LogP contribution in [0.1, 0.15) is 27.2 Å². The lowest BCUT2D eigenvalue weighted by molar-refractivity contribution is -0.110. The molecule has 1 aliphatic rings. The molecule has 0 spiro atoms. The van der Waals surface area contributed by atoms with E-state index in [1.54, 1.807) is 16.8 Å². The predicted molar refractivity (Wildman–Crippen MR) is 132 cm³/mol. The van der Waals surface area contributed by atoms with E-state index in [1.165, 1.54) is 12.1 Å². The van der Waals surface area contributed by atoms with E-state index in [4.69, 9.17) is 5.11 Å². The molecule has 5 aromatic rings. The largest absolute Gasteiger partial charge is 0.478 e. The number of aromatic carboxylic acids is 1.